The lowest BCUT2D eigenvalue weighted by atomic mass is 10.0. The molecular formula is C16H20N2O3. The monoisotopic (exact) mass is 288 g/mol. The summed E-state index contributed by atoms with van der Waals surface area (Å²) in [6, 6.07) is 7.53. The van der Waals surface area contributed by atoms with Crippen LogP contribution in [0.5, 0.6) is 5.75 Å². The second-order valence-electron chi connectivity index (χ2n) is 6.02. The summed E-state index contributed by atoms with van der Waals surface area (Å²) in [5.74, 6) is 0.282. The lowest BCUT2D eigenvalue weighted by Gasteiger charge is -2.24. The van der Waals surface area contributed by atoms with E-state index in [0.717, 1.165) is 30.6 Å². The molecule has 1 aliphatic heterocycles. The molecule has 21 heavy (non-hydrogen) atoms. The minimum atomic E-state index is -0.297. The molecule has 1 spiro atoms. The van der Waals surface area contributed by atoms with E-state index >= 15 is 0 Å². The molecule has 0 radical (unpaired) electrons. The Bertz CT molecular complexity index is 581. The fraction of sp³-hybridized carbons (Fsp3) is 0.500. The summed E-state index contributed by atoms with van der Waals surface area (Å²) in [7, 11) is 1.60. The molecule has 5 heteroatoms. The molecule has 1 heterocycles. The van der Waals surface area contributed by atoms with Gasteiger partial charge in [0, 0.05) is 17.6 Å². The van der Waals surface area contributed by atoms with Gasteiger partial charge in [0.25, 0.3) is 0 Å². The van der Waals surface area contributed by atoms with Crippen molar-refractivity contribution in [1.82, 2.24) is 4.90 Å². The Morgan fingerprint density at radius 2 is 2.10 bits per heavy atom. The zero-order valence-electron chi connectivity index (χ0n) is 12.2. The van der Waals surface area contributed by atoms with Crippen LogP contribution in [-0.2, 0) is 16.0 Å². The normalized spacial score (nSPS) is 22.3. The van der Waals surface area contributed by atoms with E-state index in [-0.39, 0.29) is 23.3 Å². The van der Waals surface area contributed by atoms with Gasteiger partial charge in [-0.15, -0.1) is 0 Å². The zero-order valence-corrected chi connectivity index (χ0v) is 12.2. The first-order valence-electron chi connectivity index (χ1n) is 7.27. The average molecular weight is 288 g/mol. The molecule has 1 saturated heterocycles. The van der Waals surface area contributed by atoms with Crippen LogP contribution in [-0.4, -0.2) is 35.9 Å². The van der Waals surface area contributed by atoms with Crippen molar-refractivity contribution in [1.29, 1.82) is 0 Å². The van der Waals surface area contributed by atoms with Crippen molar-refractivity contribution in [2.24, 2.45) is 11.7 Å². The third-order valence-corrected chi connectivity index (χ3v) is 4.67. The van der Waals surface area contributed by atoms with Gasteiger partial charge in [-0.25, -0.2) is 0 Å². The lowest BCUT2D eigenvalue weighted by molar-refractivity contribution is -0.132. The number of primary amides is 1. The Morgan fingerprint density at radius 3 is 2.71 bits per heavy atom. The van der Waals surface area contributed by atoms with Crippen molar-refractivity contribution in [2.75, 3.05) is 13.7 Å². The van der Waals surface area contributed by atoms with Crippen LogP contribution in [0.4, 0.5) is 0 Å². The Labute approximate surface area is 124 Å². The average Bonchev–Trinajstić information content (AvgIpc) is 3.11. The molecule has 3 rings (SSSR count). The van der Waals surface area contributed by atoms with E-state index in [1.807, 2.05) is 29.2 Å². The summed E-state index contributed by atoms with van der Waals surface area (Å²) in [4.78, 5) is 25.9. The van der Waals surface area contributed by atoms with E-state index in [0.29, 0.717) is 13.0 Å². The highest BCUT2D eigenvalue weighted by Crippen LogP contribution is 2.51. The van der Waals surface area contributed by atoms with E-state index in [9.17, 15) is 9.59 Å². The van der Waals surface area contributed by atoms with E-state index < -0.39 is 0 Å². The minimum Gasteiger partial charge on any atom is -0.496 e. The van der Waals surface area contributed by atoms with E-state index in [1.54, 1.807) is 7.11 Å². The number of carbonyl (C=O) groups is 2. The highest BCUT2D eigenvalue weighted by Gasteiger charge is 2.56. The number of likely N-dealkylation sites (tertiary alicyclic amines) is 1. The minimum absolute atomic E-state index is 0.0563. The van der Waals surface area contributed by atoms with Gasteiger partial charge >= 0.3 is 0 Å². The molecule has 1 aromatic carbocycles. The number of benzene rings is 1. The zero-order chi connectivity index (χ0) is 15.0. The second-order valence-corrected chi connectivity index (χ2v) is 6.02. The summed E-state index contributed by atoms with van der Waals surface area (Å²) in [6.07, 6.45) is 2.99. The third kappa shape index (κ3) is 2.48. The van der Waals surface area contributed by atoms with Crippen LogP contribution < -0.4 is 10.5 Å². The van der Waals surface area contributed by atoms with Crippen LogP contribution in [0.25, 0.3) is 0 Å². The van der Waals surface area contributed by atoms with Crippen LogP contribution in [0.1, 0.15) is 24.8 Å². The number of nitrogens with two attached hydrogens (primary N) is 1. The maximum absolute atomic E-state index is 12.6. The number of carbonyl (C=O) groups excluding carboxylic acids is 2. The van der Waals surface area contributed by atoms with Gasteiger partial charge in [-0.1, -0.05) is 18.2 Å². The number of amides is 2. The lowest BCUT2D eigenvalue weighted by Crippen LogP contribution is -2.38. The van der Waals surface area contributed by atoms with Crippen molar-refractivity contribution in [3.63, 3.8) is 0 Å². The molecule has 2 fully saturated rings. The van der Waals surface area contributed by atoms with E-state index in [1.165, 1.54) is 0 Å². The first-order valence-corrected chi connectivity index (χ1v) is 7.27. The van der Waals surface area contributed by atoms with Crippen LogP contribution in [0.2, 0.25) is 0 Å². The Balaban J connectivity index is 1.75. The number of methoxy groups -OCH3 is 1. The molecule has 2 amide bonds. The van der Waals surface area contributed by atoms with Gasteiger partial charge in [0.05, 0.1) is 19.4 Å². The number of para-hydroxylation sites is 1. The topological polar surface area (TPSA) is 72.6 Å². The molecule has 1 aromatic rings. The Morgan fingerprint density at radius 1 is 1.38 bits per heavy atom. The quantitative estimate of drug-likeness (QED) is 0.902. The van der Waals surface area contributed by atoms with Crippen LogP contribution in [0, 0.1) is 5.92 Å². The van der Waals surface area contributed by atoms with Crippen molar-refractivity contribution in [2.45, 2.75) is 31.2 Å². The largest absolute Gasteiger partial charge is 0.496 e. The molecule has 1 aliphatic carbocycles. The Hall–Kier alpha value is -2.04. The summed E-state index contributed by atoms with van der Waals surface area (Å²) < 4.78 is 5.29. The molecule has 1 atom stereocenters. The first kappa shape index (κ1) is 13.9. The molecule has 2 aliphatic rings. The number of hydrogen-bond acceptors (Lipinski definition) is 3. The first-order chi connectivity index (χ1) is 10.1. The summed E-state index contributed by atoms with van der Waals surface area (Å²) in [6.45, 7) is 0.462. The van der Waals surface area contributed by atoms with Gasteiger partial charge < -0.3 is 15.4 Å². The maximum atomic E-state index is 12.6. The summed E-state index contributed by atoms with van der Waals surface area (Å²) >= 11 is 0. The van der Waals surface area contributed by atoms with E-state index in [4.69, 9.17) is 10.5 Å². The molecule has 1 saturated carbocycles. The molecule has 112 valence electrons. The maximum Gasteiger partial charge on any atom is 0.227 e. The highest BCUT2D eigenvalue weighted by molar-refractivity contribution is 5.84. The molecular weight excluding hydrogens is 268 g/mol. The van der Waals surface area contributed by atoms with Crippen LogP contribution >= 0.6 is 0 Å². The smallest absolute Gasteiger partial charge is 0.227 e. The van der Waals surface area contributed by atoms with E-state index in [2.05, 4.69) is 0 Å². The number of ether oxygens (including phenoxy) is 1. The van der Waals surface area contributed by atoms with Crippen molar-refractivity contribution >= 4 is 11.8 Å². The fourth-order valence-corrected chi connectivity index (χ4v) is 3.33. The summed E-state index contributed by atoms with van der Waals surface area (Å²) in [5.41, 5.74) is 6.19. The Kier molecular flexibility index (Phi) is 3.35. The standard InChI is InChI=1S/C16H20N2O3/c1-21-13-5-3-2-4-11(13)8-14(19)18-10-12(15(17)20)9-16(18)6-7-16/h2-5,12H,6-10H2,1H3,(H2,17,20)/t12-/m0/s1. The SMILES string of the molecule is COc1ccccc1CC(=O)N1C[C@@H](C(N)=O)CC12CC2. The molecule has 0 aromatic heterocycles. The predicted octanol–water partition coefficient (Wildman–Crippen LogP) is 1.10. The van der Waals surface area contributed by atoms with Crippen molar-refractivity contribution in [3.05, 3.63) is 29.8 Å². The van der Waals surface area contributed by atoms with Gasteiger partial charge in [-0.3, -0.25) is 9.59 Å². The molecule has 0 bridgehead atoms. The van der Waals surface area contributed by atoms with Gasteiger partial charge in [-0.2, -0.15) is 0 Å². The van der Waals surface area contributed by atoms with Gasteiger partial charge in [-0.05, 0) is 25.3 Å². The van der Waals surface area contributed by atoms with Gasteiger partial charge in [0.2, 0.25) is 11.8 Å². The van der Waals surface area contributed by atoms with Gasteiger partial charge in [0.1, 0.15) is 5.75 Å². The molecule has 5 nitrogen and oxygen atoms in total. The number of rotatable bonds is 4. The van der Waals surface area contributed by atoms with Crippen molar-refractivity contribution < 1.29 is 14.3 Å². The molecule has 0 unspecified atom stereocenters. The van der Waals surface area contributed by atoms with Crippen LogP contribution in [0.15, 0.2) is 24.3 Å². The molecule has 2 N–H and O–H groups in total. The summed E-state index contributed by atoms with van der Waals surface area (Å²) in [5, 5.41) is 0. The fourth-order valence-electron chi connectivity index (χ4n) is 3.33. The second kappa shape index (κ2) is 5.06. The van der Waals surface area contributed by atoms with Gasteiger partial charge in [0.15, 0.2) is 0 Å². The number of nitrogens with zero attached hydrogens (tertiary/aromatic N) is 1. The number of hydrogen-bond donors (Lipinski definition) is 1. The predicted molar refractivity (Wildman–Crippen MR) is 77.7 cm³/mol. The van der Waals surface area contributed by atoms with Crippen molar-refractivity contribution in [3.8, 4) is 5.75 Å². The van der Waals surface area contributed by atoms with Crippen LogP contribution in [0.3, 0.4) is 0 Å². The highest BCUT2D eigenvalue weighted by atomic mass is 16.5. The third-order valence-electron chi connectivity index (χ3n) is 4.67.